The summed E-state index contributed by atoms with van der Waals surface area (Å²) < 4.78 is 28.5. The van der Waals surface area contributed by atoms with Crippen molar-refractivity contribution in [3.63, 3.8) is 0 Å². The monoisotopic (exact) mass is 439 g/mol. The molecule has 0 aromatic heterocycles. The van der Waals surface area contributed by atoms with E-state index >= 15 is 0 Å². The van der Waals surface area contributed by atoms with Gasteiger partial charge in [0, 0.05) is 35.2 Å². The normalized spacial score (nSPS) is 17.4. The van der Waals surface area contributed by atoms with Gasteiger partial charge < -0.3 is 5.32 Å². The van der Waals surface area contributed by atoms with E-state index < -0.39 is 10.2 Å². The molecule has 9 heteroatoms. The molecule has 3 rings (SSSR count). The van der Waals surface area contributed by atoms with Crippen molar-refractivity contribution < 1.29 is 13.2 Å². The molecule has 1 N–H and O–H groups in total. The average Bonchev–Trinajstić information content (AvgIpc) is 2.65. The number of anilines is 1. The molecule has 28 heavy (non-hydrogen) atoms. The topological polar surface area (TPSA) is 69.7 Å². The van der Waals surface area contributed by atoms with E-state index in [0.29, 0.717) is 30.2 Å². The summed E-state index contributed by atoms with van der Waals surface area (Å²) in [4.78, 5) is 13.4. The highest BCUT2D eigenvalue weighted by molar-refractivity contribution is 7.98. The van der Waals surface area contributed by atoms with E-state index in [1.807, 2.05) is 30.5 Å². The first kappa shape index (κ1) is 21.1. The van der Waals surface area contributed by atoms with Crippen LogP contribution in [0.1, 0.15) is 12.0 Å². The highest BCUT2D eigenvalue weighted by Gasteiger charge is 2.34. The molecule has 6 nitrogen and oxygen atoms in total. The van der Waals surface area contributed by atoms with Gasteiger partial charge in [-0.05, 0) is 48.6 Å². The third-order valence-electron chi connectivity index (χ3n) is 4.39. The molecule has 1 fully saturated rings. The summed E-state index contributed by atoms with van der Waals surface area (Å²) >= 11 is 7.57. The zero-order chi connectivity index (χ0) is 20.1. The summed E-state index contributed by atoms with van der Waals surface area (Å²) in [6, 6.07) is 14.6. The van der Waals surface area contributed by atoms with Crippen LogP contribution in [0.25, 0.3) is 0 Å². The standard InChI is InChI=1S/C19H22ClN3O3S2/c1-27-18-8-3-7-17(12-18)21-19(24)14-23-10-4-9-22(28(23,25)26)13-15-5-2-6-16(20)11-15/h2-3,5-8,11-12H,4,9-10,13-14H2,1H3,(H,21,24). The molecule has 1 amide bonds. The van der Waals surface area contributed by atoms with Crippen molar-refractivity contribution in [3.8, 4) is 0 Å². The van der Waals surface area contributed by atoms with E-state index in [9.17, 15) is 13.2 Å². The van der Waals surface area contributed by atoms with Crippen molar-refractivity contribution in [1.29, 1.82) is 0 Å². The van der Waals surface area contributed by atoms with Crippen molar-refractivity contribution in [2.24, 2.45) is 0 Å². The van der Waals surface area contributed by atoms with Crippen LogP contribution in [0.4, 0.5) is 5.69 Å². The molecule has 2 aromatic carbocycles. The predicted octanol–water partition coefficient (Wildman–Crippen LogP) is 3.45. The second-order valence-corrected chi connectivity index (χ2v) is 9.68. The smallest absolute Gasteiger partial charge is 0.282 e. The van der Waals surface area contributed by atoms with Crippen LogP contribution in [0.5, 0.6) is 0 Å². The second-order valence-electron chi connectivity index (χ2n) is 6.44. The van der Waals surface area contributed by atoms with E-state index in [2.05, 4.69) is 5.32 Å². The second kappa shape index (κ2) is 9.28. The van der Waals surface area contributed by atoms with E-state index in [-0.39, 0.29) is 19.0 Å². The Hall–Kier alpha value is -1.58. The highest BCUT2D eigenvalue weighted by Crippen LogP contribution is 2.22. The van der Waals surface area contributed by atoms with Gasteiger partial charge in [-0.2, -0.15) is 17.0 Å². The van der Waals surface area contributed by atoms with Crippen molar-refractivity contribution in [2.75, 3.05) is 31.2 Å². The highest BCUT2D eigenvalue weighted by atomic mass is 35.5. The summed E-state index contributed by atoms with van der Waals surface area (Å²) in [6.07, 6.45) is 2.62. The lowest BCUT2D eigenvalue weighted by Gasteiger charge is -2.34. The largest absolute Gasteiger partial charge is 0.325 e. The molecule has 150 valence electrons. The quantitative estimate of drug-likeness (QED) is 0.700. The number of nitrogens with one attached hydrogen (secondary N) is 1. The summed E-state index contributed by atoms with van der Waals surface area (Å²) in [7, 11) is -3.72. The van der Waals surface area contributed by atoms with Gasteiger partial charge in [0.15, 0.2) is 0 Å². The molecule has 0 aliphatic carbocycles. The van der Waals surface area contributed by atoms with Gasteiger partial charge in [0.05, 0.1) is 6.54 Å². The first-order valence-electron chi connectivity index (χ1n) is 8.82. The number of rotatable bonds is 6. The third-order valence-corrected chi connectivity index (χ3v) is 7.28. The van der Waals surface area contributed by atoms with E-state index in [0.717, 1.165) is 10.5 Å². The van der Waals surface area contributed by atoms with Crippen molar-refractivity contribution >= 4 is 45.2 Å². The number of carbonyl (C=O) groups excluding carboxylic acids is 1. The molecule has 1 saturated heterocycles. The Balaban J connectivity index is 1.66. The number of hydrogen-bond donors (Lipinski definition) is 1. The number of benzene rings is 2. The maximum Gasteiger partial charge on any atom is 0.282 e. The number of amides is 1. The Bertz CT molecular complexity index is 953. The Labute approximate surface area is 175 Å². The average molecular weight is 440 g/mol. The minimum absolute atomic E-state index is 0.210. The Morgan fingerprint density at radius 2 is 1.89 bits per heavy atom. The molecule has 1 aliphatic heterocycles. The number of hydrogen-bond acceptors (Lipinski definition) is 4. The third kappa shape index (κ3) is 5.27. The minimum Gasteiger partial charge on any atom is -0.325 e. The first-order chi connectivity index (χ1) is 13.4. The summed E-state index contributed by atoms with van der Waals surface area (Å²) in [5, 5.41) is 3.34. The SMILES string of the molecule is CSc1cccc(NC(=O)CN2CCCN(Cc3cccc(Cl)c3)S2(=O)=O)c1. The molecule has 1 heterocycles. The molecule has 0 saturated carbocycles. The van der Waals surface area contributed by atoms with Gasteiger partial charge in [-0.25, -0.2) is 0 Å². The van der Waals surface area contributed by atoms with Crippen molar-refractivity contribution in [2.45, 2.75) is 17.9 Å². The zero-order valence-electron chi connectivity index (χ0n) is 15.5. The van der Waals surface area contributed by atoms with Crippen LogP contribution in [0.3, 0.4) is 0 Å². The van der Waals surface area contributed by atoms with Crippen LogP contribution in [0.2, 0.25) is 5.02 Å². The van der Waals surface area contributed by atoms with Gasteiger partial charge in [-0.1, -0.05) is 29.8 Å². The van der Waals surface area contributed by atoms with Gasteiger partial charge in [0.2, 0.25) is 5.91 Å². The molecule has 0 spiro atoms. The first-order valence-corrected chi connectivity index (χ1v) is 11.8. The number of carbonyl (C=O) groups is 1. The Morgan fingerprint density at radius 1 is 1.14 bits per heavy atom. The van der Waals surface area contributed by atoms with E-state index in [1.54, 1.807) is 36.0 Å². The lowest BCUT2D eigenvalue weighted by molar-refractivity contribution is -0.116. The summed E-state index contributed by atoms with van der Waals surface area (Å²) in [5.74, 6) is -0.355. The molecular weight excluding hydrogens is 418 g/mol. The molecule has 0 radical (unpaired) electrons. The maximum absolute atomic E-state index is 12.9. The predicted molar refractivity (Wildman–Crippen MR) is 114 cm³/mol. The van der Waals surface area contributed by atoms with Gasteiger partial charge in [-0.3, -0.25) is 4.79 Å². The maximum atomic E-state index is 12.9. The van der Waals surface area contributed by atoms with Crippen LogP contribution < -0.4 is 5.32 Å². The van der Waals surface area contributed by atoms with Gasteiger partial charge in [0.1, 0.15) is 0 Å². The fourth-order valence-corrected chi connectivity index (χ4v) is 5.35. The number of halogens is 1. The molecule has 0 unspecified atom stereocenters. The van der Waals surface area contributed by atoms with Crippen LogP contribution >= 0.6 is 23.4 Å². The lowest BCUT2D eigenvalue weighted by Crippen LogP contribution is -2.51. The fourth-order valence-electron chi connectivity index (χ4n) is 3.04. The van der Waals surface area contributed by atoms with Gasteiger partial charge in [0.25, 0.3) is 10.2 Å². The van der Waals surface area contributed by atoms with E-state index in [1.165, 1.54) is 8.61 Å². The van der Waals surface area contributed by atoms with Crippen LogP contribution in [0.15, 0.2) is 53.4 Å². The Morgan fingerprint density at radius 3 is 2.64 bits per heavy atom. The molecule has 1 aliphatic rings. The molecular formula is C19H22ClN3O3S2. The summed E-state index contributed by atoms with van der Waals surface area (Å²) in [5.41, 5.74) is 1.47. The number of nitrogens with zero attached hydrogens (tertiary/aromatic N) is 2. The van der Waals surface area contributed by atoms with Gasteiger partial charge >= 0.3 is 0 Å². The lowest BCUT2D eigenvalue weighted by atomic mass is 10.2. The van der Waals surface area contributed by atoms with Gasteiger partial charge in [-0.15, -0.1) is 11.8 Å². The summed E-state index contributed by atoms with van der Waals surface area (Å²) in [6.45, 7) is 0.768. The van der Waals surface area contributed by atoms with Crippen molar-refractivity contribution in [1.82, 2.24) is 8.61 Å². The van der Waals surface area contributed by atoms with Crippen molar-refractivity contribution in [3.05, 3.63) is 59.1 Å². The number of thioether (sulfide) groups is 1. The molecule has 0 bridgehead atoms. The zero-order valence-corrected chi connectivity index (χ0v) is 17.9. The van der Waals surface area contributed by atoms with Crippen LogP contribution in [0, 0.1) is 0 Å². The van der Waals surface area contributed by atoms with E-state index in [4.69, 9.17) is 11.6 Å². The molecule has 2 aromatic rings. The molecule has 0 atom stereocenters. The Kier molecular flexibility index (Phi) is 7.00. The fraction of sp³-hybridized carbons (Fsp3) is 0.316. The van der Waals surface area contributed by atoms with Crippen LogP contribution in [-0.4, -0.2) is 48.8 Å². The minimum atomic E-state index is -3.72. The van der Waals surface area contributed by atoms with Crippen LogP contribution in [-0.2, 0) is 21.5 Å².